The quantitative estimate of drug-likeness (QED) is 0.0158. The van der Waals surface area contributed by atoms with Gasteiger partial charge in [0, 0.05) is 43.1 Å². The van der Waals surface area contributed by atoms with Crippen LogP contribution in [0.3, 0.4) is 0 Å². The predicted octanol–water partition coefficient (Wildman–Crippen LogP) is 16.1. The second kappa shape index (κ2) is 35.4. The van der Waals surface area contributed by atoms with Crippen LogP contribution < -0.4 is 18.9 Å². The number of unbranched alkanes of at least 4 members (excludes halogenated alkanes) is 16. The fourth-order valence-corrected chi connectivity index (χ4v) is 10.3. The highest BCUT2D eigenvalue weighted by Gasteiger charge is 2.29. The van der Waals surface area contributed by atoms with Crippen LogP contribution in [-0.4, -0.2) is 79.3 Å². The van der Waals surface area contributed by atoms with E-state index in [9.17, 15) is 0 Å². The Balaban J connectivity index is 1.16. The molecule has 80 heavy (non-hydrogen) atoms. The van der Waals surface area contributed by atoms with E-state index in [1.807, 2.05) is 27.7 Å². The van der Waals surface area contributed by atoms with E-state index >= 15 is 0 Å². The van der Waals surface area contributed by atoms with Crippen LogP contribution in [0.4, 0.5) is 0 Å². The molecule has 0 N–H and O–H groups in total. The minimum absolute atomic E-state index is 0.549. The Labute approximate surface area is 475 Å². The summed E-state index contributed by atoms with van der Waals surface area (Å²) in [6.07, 6.45) is 41.0. The van der Waals surface area contributed by atoms with E-state index in [2.05, 4.69) is 97.4 Å². The largest absolute Gasteiger partial charge is 0.489 e. The first-order chi connectivity index (χ1) is 39.7. The van der Waals surface area contributed by atoms with Gasteiger partial charge in [0.05, 0.1) is 52.9 Å². The molecule has 0 aliphatic rings. The van der Waals surface area contributed by atoms with E-state index in [4.69, 9.17) is 56.8 Å². The van der Waals surface area contributed by atoms with E-state index in [-0.39, 0.29) is 0 Å². The van der Waals surface area contributed by atoms with Gasteiger partial charge in [-0.05, 0) is 125 Å². The van der Waals surface area contributed by atoms with Crippen LogP contribution >= 0.6 is 0 Å². The molecule has 0 radical (unpaired) electrons. The minimum atomic E-state index is 0.549. The molecule has 0 spiro atoms. The molecule has 12 heteroatoms. The number of benzene rings is 7. The van der Waals surface area contributed by atoms with E-state index in [0.717, 1.165) is 173 Å². The summed E-state index contributed by atoms with van der Waals surface area (Å²) < 4.78 is 69.9. The van der Waals surface area contributed by atoms with Crippen LogP contribution in [0, 0.1) is 48.9 Å². The van der Waals surface area contributed by atoms with Crippen molar-refractivity contribution in [3.8, 4) is 71.9 Å². The summed E-state index contributed by atoms with van der Waals surface area (Å²) in [5.74, 6) is 3.27. The summed E-state index contributed by atoms with van der Waals surface area (Å²) in [5.41, 5.74) is 0. The van der Waals surface area contributed by atoms with Crippen molar-refractivity contribution in [3.63, 3.8) is 0 Å². The van der Waals surface area contributed by atoms with Gasteiger partial charge in [-0.15, -0.1) is 0 Å². The van der Waals surface area contributed by atoms with Crippen LogP contribution in [0.15, 0.2) is 48.5 Å². The number of rotatable bonds is 40. The molecule has 0 aliphatic carbocycles. The summed E-state index contributed by atoms with van der Waals surface area (Å²) in [6, 6.07) is 18.0. The van der Waals surface area contributed by atoms with Crippen molar-refractivity contribution in [2.45, 2.75) is 156 Å². The number of hydrogen-bond acceptors (Lipinski definition) is 12. The van der Waals surface area contributed by atoms with Crippen molar-refractivity contribution in [1.29, 1.82) is 0 Å². The van der Waals surface area contributed by atoms with E-state index in [1.54, 1.807) is 0 Å². The zero-order chi connectivity index (χ0) is 55.7. The first kappa shape index (κ1) is 60.4. The molecule has 0 aliphatic heterocycles. The van der Waals surface area contributed by atoms with E-state index in [1.165, 1.54) is 43.1 Å². The van der Waals surface area contributed by atoms with Gasteiger partial charge in [0.1, 0.15) is 26.4 Å². The Hall–Kier alpha value is -7.28. The second-order valence-electron chi connectivity index (χ2n) is 19.9. The summed E-state index contributed by atoms with van der Waals surface area (Å²) in [7, 11) is 0. The summed E-state index contributed by atoms with van der Waals surface area (Å²) in [6.45, 7) is 14.5. The van der Waals surface area contributed by atoms with Gasteiger partial charge >= 0.3 is 0 Å². The average molecular weight is 1090 g/mol. The number of hydrogen-bond donors (Lipinski definition) is 0. The smallest absolute Gasteiger partial charge is 0.169 e. The topological polar surface area (TPSA) is 111 Å². The lowest BCUT2D eigenvalue weighted by molar-refractivity contribution is 0.245. The Morgan fingerprint density at radius 2 is 0.425 bits per heavy atom. The molecule has 7 aromatic rings. The lowest BCUT2D eigenvalue weighted by Gasteiger charge is -2.26. The molecule has 0 saturated heterocycles. The van der Waals surface area contributed by atoms with Gasteiger partial charge in [0.15, 0.2) is 71.9 Å². The SMILES string of the molecule is CCOC#COCCCCCCCOc1c(OCCCCCCCOC#COCC)c2ccc3ccc4c(OCCCCCCCOC#COCC)c(OCCCCCCCOC#COCC)c5ccc6ccc1c1c6c5c4c3c21. The third-order valence-corrected chi connectivity index (χ3v) is 14.1. The predicted molar refractivity (Wildman–Crippen MR) is 321 cm³/mol. The molecule has 7 rings (SSSR count). The number of ether oxygens (including phenoxy) is 12. The van der Waals surface area contributed by atoms with Gasteiger partial charge in [0.2, 0.25) is 0 Å². The monoisotopic (exact) mass is 1090 g/mol. The maximum absolute atomic E-state index is 7.01. The van der Waals surface area contributed by atoms with Crippen LogP contribution in [-0.2, 0) is 37.9 Å². The third kappa shape index (κ3) is 17.4. The highest BCUT2D eigenvalue weighted by atomic mass is 16.5. The van der Waals surface area contributed by atoms with Gasteiger partial charge in [-0.25, -0.2) is 0 Å². The molecular formula is C68H84O12. The zero-order valence-electron chi connectivity index (χ0n) is 48.1. The Morgan fingerprint density at radius 1 is 0.225 bits per heavy atom. The van der Waals surface area contributed by atoms with E-state index < -0.39 is 0 Å². The Bertz CT molecular complexity index is 2730. The van der Waals surface area contributed by atoms with Crippen molar-refractivity contribution in [2.75, 3.05) is 79.3 Å². The van der Waals surface area contributed by atoms with Gasteiger partial charge in [-0.2, -0.15) is 0 Å². The lowest BCUT2D eigenvalue weighted by Crippen LogP contribution is -2.07. The second-order valence-corrected chi connectivity index (χ2v) is 19.9. The van der Waals surface area contributed by atoms with Crippen molar-refractivity contribution >= 4 is 64.6 Å². The standard InChI is InChI=1S/C68H84O12/c1-5-69-45-49-73-37-21-13-9-17-25-41-77-65-55-33-29-53-31-35-57-63-59(53)61(55)62-56(66(65)78-42-26-18-10-14-22-38-74-50-46-70-6-2)34-30-54-32-36-58(64(63)60(54)62)68(80-44-28-20-12-16-24-40-76-52-48-72-8-4)67(57)79-43-27-19-11-15-23-39-75-51-47-71-7-3/h29-36H,5-28,37-44H2,1-4H3. The van der Waals surface area contributed by atoms with Crippen LogP contribution in [0.1, 0.15) is 156 Å². The molecule has 0 fully saturated rings. The normalized spacial score (nSPS) is 10.9. The molecule has 0 unspecified atom stereocenters. The lowest BCUT2D eigenvalue weighted by atomic mass is 9.82. The average Bonchev–Trinajstić information content (AvgIpc) is 3.53. The van der Waals surface area contributed by atoms with Gasteiger partial charge in [-0.3, -0.25) is 0 Å². The van der Waals surface area contributed by atoms with E-state index in [0.29, 0.717) is 79.3 Å². The molecule has 0 atom stereocenters. The fraction of sp³-hybridized carbons (Fsp3) is 0.529. The maximum atomic E-state index is 7.01. The summed E-state index contributed by atoms with van der Waals surface area (Å²) >= 11 is 0. The molecule has 0 amide bonds. The zero-order valence-corrected chi connectivity index (χ0v) is 48.1. The molecule has 12 nitrogen and oxygen atoms in total. The Morgan fingerprint density at radius 3 is 0.650 bits per heavy atom. The Kier molecular flexibility index (Phi) is 26.7. The molecule has 0 heterocycles. The first-order valence-electron chi connectivity index (χ1n) is 29.9. The molecule has 7 aromatic carbocycles. The third-order valence-electron chi connectivity index (χ3n) is 14.1. The van der Waals surface area contributed by atoms with Crippen molar-refractivity contribution < 1.29 is 56.8 Å². The molecule has 0 bridgehead atoms. The van der Waals surface area contributed by atoms with Crippen molar-refractivity contribution in [1.82, 2.24) is 0 Å². The van der Waals surface area contributed by atoms with Crippen molar-refractivity contribution in [2.24, 2.45) is 0 Å². The maximum Gasteiger partial charge on any atom is 0.169 e. The van der Waals surface area contributed by atoms with Gasteiger partial charge in [0.25, 0.3) is 0 Å². The highest BCUT2D eigenvalue weighted by molar-refractivity contribution is 6.46. The minimum Gasteiger partial charge on any atom is -0.489 e. The molecule has 428 valence electrons. The molecule has 0 saturated carbocycles. The van der Waals surface area contributed by atoms with Crippen molar-refractivity contribution in [3.05, 3.63) is 48.5 Å². The highest BCUT2D eigenvalue weighted by Crippen LogP contribution is 2.57. The summed E-state index contributed by atoms with van der Waals surface area (Å²) in [4.78, 5) is 0. The molecular weight excluding hydrogens is 1010 g/mol. The van der Waals surface area contributed by atoms with Crippen LogP contribution in [0.25, 0.3) is 64.6 Å². The molecule has 0 aromatic heterocycles. The summed E-state index contributed by atoms with van der Waals surface area (Å²) in [5, 5.41) is 13.9. The van der Waals surface area contributed by atoms with Crippen LogP contribution in [0.2, 0.25) is 0 Å². The van der Waals surface area contributed by atoms with Gasteiger partial charge < -0.3 is 56.8 Å². The van der Waals surface area contributed by atoms with Crippen LogP contribution in [0.5, 0.6) is 23.0 Å². The first-order valence-corrected chi connectivity index (χ1v) is 29.9. The fourth-order valence-electron chi connectivity index (χ4n) is 10.3. The van der Waals surface area contributed by atoms with Gasteiger partial charge in [-0.1, -0.05) is 101 Å².